The Bertz CT molecular complexity index is 1080. The van der Waals surface area contributed by atoms with E-state index in [9.17, 15) is 9.59 Å². The normalized spacial score (nSPS) is 10.2. The molecule has 0 spiro atoms. The number of nitrogens with one attached hydrogen (secondary N) is 1. The van der Waals surface area contributed by atoms with Gasteiger partial charge < -0.3 is 24.3 Å². The molecule has 1 amide bonds. The molecule has 0 fully saturated rings. The van der Waals surface area contributed by atoms with Crippen LogP contribution in [0.2, 0.25) is 5.02 Å². The number of aromatic nitrogens is 2. The first-order valence-electron chi connectivity index (χ1n) is 8.93. The summed E-state index contributed by atoms with van der Waals surface area (Å²) in [6.07, 6.45) is 4.53. The number of carbonyl (C=O) groups excluding carboxylic acids is 2. The molecule has 0 bridgehead atoms. The standard InChI is InChI=1S/C21H18ClN3O6/c1-28-17-10-18(29-2)16(9-15(17)22)25-19(26)12-30-21(27)14-6-4-8-24-20(14)31-13-5-3-7-23-11-13/h3-11H,12H2,1-2H3,(H,25,26). The van der Waals surface area contributed by atoms with E-state index in [-0.39, 0.29) is 16.5 Å². The fourth-order valence-electron chi connectivity index (χ4n) is 2.50. The Kier molecular flexibility index (Phi) is 7.23. The van der Waals surface area contributed by atoms with Crippen LogP contribution in [-0.2, 0) is 9.53 Å². The minimum Gasteiger partial charge on any atom is -0.495 e. The van der Waals surface area contributed by atoms with Gasteiger partial charge >= 0.3 is 5.97 Å². The van der Waals surface area contributed by atoms with Crippen LogP contribution in [-0.4, -0.2) is 42.7 Å². The van der Waals surface area contributed by atoms with Gasteiger partial charge in [-0.3, -0.25) is 9.78 Å². The number of rotatable bonds is 8. The van der Waals surface area contributed by atoms with Gasteiger partial charge in [-0.05, 0) is 30.3 Å². The van der Waals surface area contributed by atoms with Crippen LogP contribution in [0.25, 0.3) is 0 Å². The van der Waals surface area contributed by atoms with Crippen LogP contribution in [0.4, 0.5) is 5.69 Å². The van der Waals surface area contributed by atoms with Crippen molar-refractivity contribution in [3.63, 3.8) is 0 Å². The number of hydrogen-bond acceptors (Lipinski definition) is 8. The molecule has 1 aromatic carbocycles. The van der Waals surface area contributed by atoms with Gasteiger partial charge in [-0.1, -0.05) is 11.6 Å². The highest BCUT2D eigenvalue weighted by Crippen LogP contribution is 2.35. The highest BCUT2D eigenvalue weighted by molar-refractivity contribution is 6.32. The molecule has 10 heteroatoms. The topological polar surface area (TPSA) is 109 Å². The lowest BCUT2D eigenvalue weighted by molar-refractivity contribution is -0.119. The third-order valence-electron chi connectivity index (χ3n) is 3.92. The van der Waals surface area contributed by atoms with Crippen molar-refractivity contribution in [1.82, 2.24) is 9.97 Å². The van der Waals surface area contributed by atoms with E-state index in [2.05, 4.69) is 15.3 Å². The first kappa shape index (κ1) is 21.8. The lowest BCUT2D eigenvalue weighted by Gasteiger charge is -2.13. The minimum atomic E-state index is -0.776. The van der Waals surface area contributed by atoms with E-state index in [0.717, 1.165) is 0 Å². The molecule has 0 saturated heterocycles. The maximum Gasteiger partial charge on any atom is 0.344 e. The summed E-state index contributed by atoms with van der Waals surface area (Å²) in [5.74, 6) is -0.213. The van der Waals surface area contributed by atoms with Gasteiger partial charge in [-0.15, -0.1) is 0 Å². The zero-order valence-electron chi connectivity index (χ0n) is 16.6. The van der Waals surface area contributed by atoms with Crippen LogP contribution >= 0.6 is 11.6 Å². The zero-order chi connectivity index (χ0) is 22.2. The lowest BCUT2D eigenvalue weighted by Crippen LogP contribution is -2.21. The maximum absolute atomic E-state index is 12.5. The number of hydrogen-bond donors (Lipinski definition) is 1. The number of esters is 1. The first-order chi connectivity index (χ1) is 15.0. The number of methoxy groups -OCH3 is 2. The number of benzene rings is 1. The molecule has 31 heavy (non-hydrogen) atoms. The van der Waals surface area contributed by atoms with Crippen LogP contribution in [0.15, 0.2) is 55.0 Å². The molecule has 3 aromatic rings. The van der Waals surface area contributed by atoms with Gasteiger partial charge in [0.2, 0.25) is 5.88 Å². The van der Waals surface area contributed by atoms with Gasteiger partial charge in [0, 0.05) is 18.5 Å². The molecule has 1 N–H and O–H groups in total. The van der Waals surface area contributed by atoms with Crippen molar-refractivity contribution in [1.29, 1.82) is 0 Å². The molecule has 160 valence electrons. The summed E-state index contributed by atoms with van der Waals surface area (Å²) in [5.41, 5.74) is 0.362. The monoisotopic (exact) mass is 443 g/mol. The molecular formula is C21H18ClN3O6. The number of anilines is 1. The minimum absolute atomic E-state index is 0.0320. The number of amides is 1. The van der Waals surface area contributed by atoms with Crippen molar-refractivity contribution >= 4 is 29.2 Å². The average molecular weight is 444 g/mol. The third kappa shape index (κ3) is 5.61. The predicted molar refractivity (Wildman–Crippen MR) is 112 cm³/mol. The van der Waals surface area contributed by atoms with E-state index in [1.165, 1.54) is 44.8 Å². The molecule has 0 aliphatic heterocycles. The fourth-order valence-corrected chi connectivity index (χ4v) is 2.74. The SMILES string of the molecule is COc1cc(OC)c(NC(=O)COC(=O)c2cccnc2Oc2cccnc2)cc1Cl. The highest BCUT2D eigenvalue weighted by atomic mass is 35.5. The zero-order valence-corrected chi connectivity index (χ0v) is 17.4. The number of ether oxygens (including phenoxy) is 4. The Labute approximate surface area is 182 Å². The predicted octanol–water partition coefficient (Wildman–Crippen LogP) is 3.74. The Morgan fingerprint density at radius 3 is 2.55 bits per heavy atom. The molecule has 0 saturated carbocycles. The average Bonchev–Trinajstić information content (AvgIpc) is 2.79. The quantitative estimate of drug-likeness (QED) is 0.524. The summed E-state index contributed by atoms with van der Waals surface area (Å²) in [7, 11) is 2.90. The van der Waals surface area contributed by atoms with Crippen molar-refractivity contribution in [2.24, 2.45) is 0 Å². The van der Waals surface area contributed by atoms with Crippen molar-refractivity contribution < 1.29 is 28.5 Å². The fraction of sp³-hybridized carbons (Fsp3) is 0.143. The summed E-state index contributed by atoms with van der Waals surface area (Å²) in [4.78, 5) is 32.7. The summed E-state index contributed by atoms with van der Waals surface area (Å²) >= 11 is 6.09. The van der Waals surface area contributed by atoms with E-state index in [1.54, 1.807) is 24.4 Å². The van der Waals surface area contributed by atoms with Crippen molar-refractivity contribution in [3.8, 4) is 23.1 Å². The van der Waals surface area contributed by atoms with Crippen molar-refractivity contribution in [2.75, 3.05) is 26.1 Å². The van der Waals surface area contributed by atoms with Gasteiger partial charge in [0.1, 0.15) is 22.8 Å². The summed E-state index contributed by atoms with van der Waals surface area (Å²) in [6, 6.07) is 9.38. The molecule has 9 nitrogen and oxygen atoms in total. The Morgan fingerprint density at radius 2 is 1.84 bits per heavy atom. The van der Waals surface area contributed by atoms with Crippen LogP contribution in [0, 0.1) is 0 Å². The summed E-state index contributed by atoms with van der Waals surface area (Å²) in [6.45, 7) is -0.549. The Hall–Kier alpha value is -3.85. The van der Waals surface area contributed by atoms with Crippen LogP contribution < -0.4 is 19.5 Å². The van der Waals surface area contributed by atoms with Crippen LogP contribution in [0.5, 0.6) is 23.1 Å². The van der Waals surface area contributed by atoms with Crippen LogP contribution in [0.3, 0.4) is 0 Å². The van der Waals surface area contributed by atoms with Gasteiger partial charge in [-0.2, -0.15) is 0 Å². The second kappa shape index (κ2) is 10.3. The second-order valence-electron chi connectivity index (χ2n) is 5.96. The summed E-state index contributed by atoms with van der Waals surface area (Å²) < 4.78 is 21.0. The largest absolute Gasteiger partial charge is 0.495 e. The van der Waals surface area contributed by atoms with E-state index in [0.29, 0.717) is 22.9 Å². The van der Waals surface area contributed by atoms with Gasteiger partial charge in [-0.25, -0.2) is 9.78 Å². The number of carbonyl (C=O) groups is 2. The van der Waals surface area contributed by atoms with Crippen molar-refractivity contribution in [2.45, 2.75) is 0 Å². The highest BCUT2D eigenvalue weighted by Gasteiger charge is 2.18. The third-order valence-corrected chi connectivity index (χ3v) is 4.22. The number of nitrogens with zero attached hydrogens (tertiary/aromatic N) is 2. The molecule has 0 unspecified atom stereocenters. The van der Waals surface area contributed by atoms with Gasteiger partial charge in [0.05, 0.1) is 31.1 Å². The molecule has 2 aromatic heterocycles. The molecule has 3 rings (SSSR count). The molecule has 0 radical (unpaired) electrons. The molecular weight excluding hydrogens is 426 g/mol. The Balaban J connectivity index is 1.65. The smallest absolute Gasteiger partial charge is 0.344 e. The molecule has 2 heterocycles. The van der Waals surface area contributed by atoms with E-state index < -0.39 is 18.5 Å². The number of halogens is 1. The lowest BCUT2D eigenvalue weighted by atomic mass is 10.2. The van der Waals surface area contributed by atoms with Gasteiger partial charge in [0.15, 0.2) is 6.61 Å². The maximum atomic E-state index is 12.5. The van der Waals surface area contributed by atoms with Gasteiger partial charge in [0.25, 0.3) is 5.91 Å². The molecule has 0 aliphatic carbocycles. The Morgan fingerprint density at radius 1 is 1.06 bits per heavy atom. The van der Waals surface area contributed by atoms with Crippen molar-refractivity contribution in [3.05, 3.63) is 65.6 Å². The van der Waals surface area contributed by atoms with E-state index in [4.69, 9.17) is 30.5 Å². The first-order valence-corrected chi connectivity index (χ1v) is 9.31. The van der Waals surface area contributed by atoms with Crippen LogP contribution in [0.1, 0.15) is 10.4 Å². The second-order valence-corrected chi connectivity index (χ2v) is 6.37. The molecule has 0 atom stereocenters. The van der Waals surface area contributed by atoms with E-state index in [1.807, 2.05) is 0 Å². The van der Waals surface area contributed by atoms with E-state index >= 15 is 0 Å². The summed E-state index contributed by atoms with van der Waals surface area (Å²) in [5, 5.41) is 2.86. The molecule has 0 aliphatic rings. The number of pyridine rings is 2.